The zero-order valence-corrected chi connectivity index (χ0v) is 23.5. The number of aromatic nitrogens is 1. The molecule has 0 spiro atoms. The number of benzene rings is 1. The van der Waals surface area contributed by atoms with Gasteiger partial charge in [0, 0.05) is 68.3 Å². The minimum atomic E-state index is -4.37. The molecule has 2 saturated heterocycles. The fraction of sp³-hybridized carbons (Fsp3) is 0.600. The molecule has 10 heteroatoms. The molecular weight excluding hydrogens is 537 g/mol. The SMILES string of the molecule is O=C(CN1CCc2ccc(C(F)(F)F)cc2C1)NC1CN(C2CCCOCC2)C[C@@H]1SC1CCc2ccncc21. The molecule has 1 aliphatic carbocycles. The number of fused-ring (bicyclic) bond motifs is 2. The largest absolute Gasteiger partial charge is 0.416 e. The highest BCUT2D eigenvalue weighted by atomic mass is 32.2. The van der Waals surface area contributed by atoms with E-state index in [2.05, 4.69) is 21.3 Å². The van der Waals surface area contributed by atoms with Crippen LogP contribution in [0.4, 0.5) is 13.2 Å². The van der Waals surface area contributed by atoms with Crippen molar-refractivity contribution in [3.63, 3.8) is 0 Å². The van der Waals surface area contributed by atoms with Gasteiger partial charge in [-0.15, -0.1) is 11.8 Å². The Morgan fingerprint density at radius 1 is 1.07 bits per heavy atom. The summed E-state index contributed by atoms with van der Waals surface area (Å²) >= 11 is 1.97. The molecule has 0 saturated carbocycles. The van der Waals surface area contributed by atoms with Crippen LogP contribution >= 0.6 is 11.8 Å². The van der Waals surface area contributed by atoms with Crippen molar-refractivity contribution in [1.29, 1.82) is 0 Å². The summed E-state index contributed by atoms with van der Waals surface area (Å²) in [4.78, 5) is 22.2. The molecule has 1 aromatic heterocycles. The molecule has 1 N–H and O–H groups in total. The number of hydrogen-bond acceptors (Lipinski definition) is 6. The van der Waals surface area contributed by atoms with Crippen molar-refractivity contribution in [2.75, 3.05) is 39.4 Å². The topological polar surface area (TPSA) is 57.7 Å². The van der Waals surface area contributed by atoms with Crippen molar-refractivity contribution in [3.05, 3.63) is 64.5 Å². The lowest BCUT2D eigenvalue weighted by atomic mass is 9.97. The van der Waals surface area contributed by atoms with Gasteiger partial charge in [0.1, 0.15) is 0 Å². The molecule has 2 aromatic rings. The minimum absolute atomic E-state index is 0.0244. The number of aryl methyl sites for hydroxylation is 1. The van der Waals surface area contributed by atoms with Crippen LogP contribution in [0, 0.1) is 0 Å². The van der Waals surface area contributed by atoms with Crippen LogP contribution in [0.1, 0.15) is 58.8 Å². The average Bonchev–Trinajstić information content (AvgIpc) is 3.40. The summed E-state index contributed by atoms with van der Waals surface area (Å²) in [6.07, 6.45) is 5.49. The first-order chi connectivity index (χ1) is 19.3. The quantitative estimate of drug-likeness (QED) is 0.544. The number of nitrogens with zero attached hydrogens (tertiary/aromatic N) is 3. The minimum Gasteiger partial charge on any atom is -0.381 e. The second-order valence-electron chi connectivity index (χ2n) is 11.5. The summed E-state index contributed by atoms with van der Waals surface area (Å²) in [5.74, 6) is -0.0504. The first-order valence-electron chi connectivity index (χ1n) is 14.4. The number of carbonyl (C=O) groups excluding carboxylic acids is 1. The number of halogens is 3. The maximum atomic E-state index is 13.3. The monoisotopic (exact) mass is 574 g/mol. The van der Waals surface area contributed by atoms with Crippen LogP contribution in [-0.4, -0.2) is 77.4 Å². The van der Waals surface area contributed by atoms with Crippen LogP contribution in [0.2, 0.25) is 0 Å². The van der Waals surface area contributed by atoms with E-state index in [0.29, 0.717) is 36.4 Å². The number of rotatable bonds is 6. The predicted octanol–water partition coefficient (Wildman–Crippen LogP) is 4.62. The third-order valence-corrected chi connectivity index (χ3v) is 10.5. The van der Waals surface area contributed by atoms with Gasteiger partial charge in [0.25, 0.3) is 0 Å². The van der Waals surface area contributed by atoms with E-state index >= 15 is 0 Å². The van der Waals surface area contributed by atoms with Crippen molar-refractivity contribution in [2.45, 2.75) is 73.8 Å². The van der Waals surface area contributed by atoms with Gasteiger partial charge >= 0.3 is 6.18 Å². The van der Waals surface area contributed by atoms with Crippen LogP contribution < -0.4 is 5.32 Å². The lowest BCUT2D eigenvalue weighted by Gasteiger charge is -2.30. The Kier molecular flexibility index (Phi) is 8.40. The van der Waals surface area contributed by atoms with Crippen molar-refractivity contribution in [3.8, 4) is 0 Å². The molecule has 40 heavy (non-hydrogen) atoms. The second kappa shape index (κ2) is 12.0. The molecule has 0 radical (unpaired) electrons. The number of ether oxygens (including phenoxy) is 1. The van der Waals surface area contributed by atoms with Crippen molar-refractivity contribution in [1.82, 2.24) is 20.1 Å². The summed E-state index contributed by atoms with van der Waals surface area (Å²) in [6, 6.07) is 6.59. The first-order valence-corrected chi connectivity index (χ1v) is 15.4. The summed E-state index contributed by atoms with van der Waals surface area (Å²) < 4.78 is 45.5. The molecule has 4 atom stereocenters. The molecule has 6 nitrogen and oxygen atoms in total. The van der Waals surface area contributed by atoms with Gasteiger partial charge < -0.3 is 10.1 Å². The van der Waals surface area contributed by atoms with Crippen LogP contribution in [0.15, 0.2) is 36.7 Å². The molecule has 4 aliphatic rings. The van der Waals surface area contributed by atoms with Gasteiger partial charge in [-0.3, -0.25) is 19.6 Å². The molecule has 3 unspecified atom stereocenters. The lowest BCUT2D eigenvalue weighted by Crippen LogP contribution is -2.47. The highest BCUT2D eigenvalue weighted by molar-refractivity contribution is 8.00. The molecule has 216 valence electrons. The summed E-state index contributed by atoms with van der Waals surface area (Å²) in [5.41, 5.74) is 3.67. The first kappa shape index (κ1) is 28.0. The Morgan fingerprint density at radius 2 is 1.98 bits per heavy atom. The highest BCUT2D eigenvalue weighted by Crippen LogP contribution is 2.45. The van der Waals surface area contributed by atoms with Gasteiger partial charge in [0.05, 0.1) is 18.2 Å². The summed E-state index contributed by atoms with van der Waals surface area (Å²) in [7, 11) is 0. The van der Waals surface area contributed by atoms with Gasteiger partial charge in [0.2, 0.25) is 5.91 Å². The van der Waals surface area contributed by atoms with Gasteiger partial charge in [0.15, 0.2) is 0 Å². The fourth-order valence-corrected chi connectivity index (χ4v) is 8.42. The lowest BCUT2D eigenvalue weighted by molar-refractivity contribution is -0.137. The van der Waals surface area contributed by atoms with E-state index in [4.69, 9.17) is 4.74 Å². The Labute approximate surface area is 238 Å². The van der Waals surface area contributed by atoms with Gasteiger partial charge in [-0.25, -0.2) is 0 Å². The molecule has 2 fully saturated rings. The van der Waals surface area contributed by atoms with E-state index in [1.165, 1.54) is 17.2 Å². The van der Waals surface area contributed by atoms with Crippen LogP contribution in [0.25, 0.3) is 0 Å². The zero-order valence-electron chi connectivity index (χ0n) is 22.7. The predicted molar refractivity (Wildman–Crippen MR) is 149 cm³/mol. The van der Waals surface area contributed by atoms with Crippen LogP contribution in [0.5, 0.6) is 0 Å². The number of pyridine rings is 1. The number of hydrogen-bond donors (Lipinski definition) is 1. The van der Waals surface area contributed by atoms with E-state index in [1.54, 1.807) is 6.07 Å². The van der Waals surface area contributed by atoms with Crippen molar-refractivity contribution in [2.24, 2.45) is 0 Å². The van der Waals surface area contributed by atoms with Crippen LogP contribution in [-0.2, 0) is 35.1 Å². The molecule has 6 rings (SSSR count). The normalized spacial score (nSPS) is 27.7. The number of alkyl halides is 3. The Balaban J connectivity index is 1.12. The summed E-state index contributed by atoms with van der Waals surface area (Å²) in [6.45, 7) is 4.56. The van der Waals surface area contributed by atoms with Gasteiger partial charge in [-0.2, -0.15) is 13.2 Å². The van der Waals surface area contributed by atoms with E-state index in [9.17, 15) is 18.0 Å². The standard InChI is InChI=1S/C30H37F3N4O2S/c31-30(32,33)23-5-3-20-8-11-36(16-22(20)14-23)19-29(38)35-26-17-37(24-2-1-12-39-13-9-24)18-28(26)40-27-6-4-21-7-10-34-15-25(21)27/h3,5,7,10,14-15,24,26-28H,1-2,4,6,8-9,11-13,16-19H2,(H,35,38)/t24?,26?,27?,28-/m0/s1. The Hall–Kier alpha value is -2.14. The van der Waals surface area contributed by atoms with E-state index < -0.39 is 11.7 Å². The number of nitrogens with one attached hydrogen (secondary N) is 1. The molecule has 4 heterocycles. The average molecular weight is 575 g/mol. The van der Waals surface area contributed by atoms with Gasteiger partial charge in [-0.05, 0) is 79.0 Å². The maximum absolute atomic E-state index is 13.3. The molecule has 0 bridgehead atoms. The second-order valence-corrected chi connectivity index (χ2v) is 13.0. The molecule has 3 aliphatic heterocycles. The Morgan fingerprint density at radius 3 is 2.85 bits per heavy atom. The van der Waals surface area contributed by atoms with Crippen LogP contribution in [0.3, 0.4) is 0 Å². The fourth-order valence-electron chi connectivity index (χ4n) is 6.76. The van der Waals surface area contributed by atoms with E-state index in [0.717, 1.165) is 70.0 Å². The number of carbonyl (C=O) groups is 1. The zero-order chi connectivity index (χ0) is 27.7. The smallest absolute Gasteiger partial charge is 0.381 e. The molecule has 1 amide bonds. The van der Waals surface area contributed by atoms with E-state index in [1.807, 2.05) is 29.1 Å². The Bertz CT molecular complexity index is 1200. The van der Waals surface area contributed by atoms with Gasteiger partial charge in [-0.1, -0.05) is 6.07 Å². The number of thioether (sulfide) groups is 1. The molecular formula is C30H37F3N4O2S. The highest BCUT2D eigenvalue weighted by Gasteiger charge is 2.40. The van der Waals surface area contributed by atoms with Crippen molar-refractivity contribution >= 4 is 17.7 Å². The molecule has 1 aromatic carbocycles. The van der Waals surface area contributed by atoms with E-state index in [-0.39, 0.29) is 23.7 Å². The third kappa shape index (κ3) is 6.35. The number of amides is 1. The maximum Gasteiger partial charge on any atom is 0.416 e. The van der Waals surface area contributed by atoms with Crippen molar-refractivity contribution < 1.29 is 22.7 Å². The third-order valence-electron chi connectivity index (χ3n) is 8.88. The summed E-state index contributed by atoms with van der Waals surface area (Å²) in [5, 5.41) is 3.99. The number of likely N-dealkylation sites (tertiary alicyclic amines) is 1.